The number of aliphatic carboxylic acids is 1. The third-order valence-corrected chi connectivity index (χ3v) is 2.88. The average molecular weight is 213 g/mol. The summed E-state index contributed by atoms with van der Waals surface area (Å²) in [6.07, 6.45) is 3.71. The minimum atomic E-state index is -0.878. The Morgan fingerprint density at radius 1 is 1.56 bits per heavy atom. The Morgan fingerprint density at radius 2 is 2.31 bits per heavy atom. The molecule has 16 heavy (non-hydrogen) atoms. The number of hydrogen-bond acceptors (Lipinski definition) is 2. The van der Waals surface area contributed by atoms with Crippen molar-refractivity contribution in [3.63, 3.8) is 0 Å². The number of carbonyl (C=O) groups is 1. The molecule has 3 heteroatoms. The van der Waals surface area contributed by atoms with Crippen LogP contribution in [0.5, 0.6) is 0 Å². The number of fused-ring (bicyclic) bond motifs is 1. The Morgan fingerprint density at radius 3 is 3.00 bits per heavy atom. The van der Waals surface area contributed by atoms with E-state index >= 15 is 0 Å². The summed E-state index contributed by atoms with van der Waals surface area (Å²) in [6, 6.07) is 9.86. The molecule has 2 rings (SSSR count). The van der Waals surface area contributed by atoms with Gasteiger partial charge in [0.15, 0.2) is 0 Å². The number of rotatable bonds is 2. The second kappa shape index (κ2) is 4.36. The van der Waals surface area contributed by atoms with E-state index in [4.69, 9.17) is 10.4 Å². The van der Waals surface area contributed by atoms with Crippen LogP contribution in [0.4, 0.5) is 0 Å². The van der Waals surface area contributed by atoms with E-state index in [1.165, 1.54) is 0 Å². The van der Waals surface area contributed by atoms with Gasteiger partial charge >= 0.3 is 5.97 Å². The van der Waals surface area contributed by atoms with Gasteiger partial charge in [0, 0.05) is 0 Å². The van der Waals surface area contributed by atoms with Crippen LogP contribution in [0.1, 0.15) is 23.5 Å². The van der Waals surface area contributed by atoms with Crippen LogP contribution in [0.15, 0.2) is 24.3 Å². The summed E-state index contributed by atoms with van der Waals surface area (Å²) in [7, 11) is 0. The van der Waals surface area contributed by atoms with Crippen LogP contribution in [0.2, 0.25) is 0 Å². The predicted octanol–water partition coefficient (Wildman–Crippen LogP) is 2.02. The summed E-state index contributed by atoms with van der Waals surface area (Å²) >= 11 is 0. The molecule has 2 unspecified atom stereocenters. The summed E-state index contributed by atoms with van der Waals surface area (Å²) in [5, 5.41) is 17.9. The highest BCUT2D eigenvalue weighted by molar-refractivity contribution is 5.68. The van der Waals surface area contributed by atoms with Crippen molar-refractivity contribution in [2.75, 3.05) is 0 Å². The van der Waals surface area contributed by atoms with E-state index in [0.717, 1.165) is 11.1 Å². The van der Waals surface area contributed by atoms with Crippen molar-refractivity contribution in [2.24, 2.45) is 5.92 Å². The van der Waals surface area contributed by atoms with E-state index in [0.29, 0.717) is 6.42 Å². The molecule has 2 atom stereocenters. The van der Waals surface area contributed by atoms with E-state index < -0.39 is 5.97 Å². The lowest BCUT2D eigenvalue weighted by Gasteiger charge is -2.27. The number of nitrogens with zero attached hydrogens (tertiary/aromatic N) is 1. The van der Waals surface area contributed by atoms with Crippen LogP contribution in [0, 0.1) is 23.7 Å². The molecule has 1 aliphatic carbocycles. The van der Waals surface area contributed by atoms with E-state index in [9.17, 15) is 4.79 Å². The van der Waals surface area contributed by atoms with Gasteiger partial charge < -0.3 is 5.11 Å². The first kappa shape index (κ1) is 10.7. The zero-order valence-electron chi connectivity index (χ0n) is 8.68. The Bertz CT molecular complexity index is 447. The Balaban J connectivity index is 2.31. The van der Waals surface area contributed by atoms with Crippen molar-refractivity contribution >= 4 is 5.97 Å². The van der Waals surface area contributed by atoms with Crippen LogP contribution in [-0.2, 0) is 11.2 Å². The standard InChI is InChI=1S/C13H11NO2/c14-8-12-10(7-13(15)16)6-5-9-3-1-2-4-11(9)12/h1-4,10,12H,5,7H2,(H,15,16). The second-order valence-corrected chi connectivity index (χ2v) is 3.89. The molecule has 1 aromatic rings. The van der Waals surface area contributed by atoms with Crippen molar-refractivity contribution in [1.82, 2.24) is 0 Å². The molecule has 0 bridgehead atoms. The van der Waals surface area contributed by atoms with Crippen LogP contribution >= 0.6 is 0 Å². The third kappa shape index (κ3) is 1.92. The van der Waals surface area contributed by atoms with Crippen molar-refractivity contribution in [3.8, 4) is 6.07 Å². The smallest absolute Gasteiger partial charge is 0.303 e. The fourth-order valence-corrected chi connectivity index (χ4v) is 2.11. The molecule has 0 aliphatic heterocycles. The zero-order valence-corrected chi connectivity index (χ0v) is 8.68. The molecule has 0 heterocycles. The van der Waals surface area contributed by atoms with E-state index in [1.807, 2.05) is 24.3 Å². The maximum Gasteiger partial charge on any atom is 0.303 e. The monoisotopic (exact) mass is 213 g/mol. The van der Waals surface area contributed by atoms with Gasteiger partial charge in [0.1, 0.15) is 0 Å². The summed E-state index contributed by atoms with van der Waals surface area (Å²) in [6.45, 7) is 0. The lowest BCUT2D eigenvalue weighted by atomic mass is 9.74. The quantitative estimate of drug-likeness (QED) is 0.817. The van der Waals surface area contributed by atoms with Crippen LogP contribution in [0.3, 0.4) is 0 Å². The first-order valence-corrected chi connectivity index (χ1v) is 5.15. The number of hydrogen-bond donors (Lipinski definition) is 1. The molecule has 80 valence electrons. The normalized spacial score (nSPS) is 23.2. The molecular formula is C13H11NO2. The maximum absolute atomic E-state index is 10.7. The minimum Gasteiger partial charge on any atom is -0.481 e. The number of benzene rings is 1. The highest BCUT2D eigenvalue weighted by atomic mass is 16.4. The molecule has 0 spiro atoms. The van der Waals surface area contributed by atoms with Gasteiger partial charge in [0.05, 0.1) is 18.4 Å². The van der Waals surface area contributed by atoms with Gasteiger partial charge in [-0.05, 0) is 29.9 Å². The highest BCUT2D eigenvalue weighted by Gasteiger charge is 2.31. The number of carboxylic acids is 1. The summed E-state index contributed by atoms with van der Waals surface area (Å²) in [5.74, 6) is -1.55. The lowest BCUT2D eigenvalue weighted by Crippen LogP contribution is -2.22. The van der Waals surface area contributed by atoms with Gasteiger partial charge in [-0.2, -0.15) is 5.26 Å². The molecule has 2 radical (unpaired) electrons. The van der Waals surface area contributed by atoms with Crippen molar-refractivity contribution in [1.29, 1.82) is 5.26 Å². The Kier molecular flexibility index (Phi) is 2.91. The molecule has 1 N–H and O–H groups in total. The van der Waals surface area contributed by atoms with Crippen LogP contribution < -0.4 is 0 Å². The van der Waals surface area contributed by atoms with Crippen molar-refractivity contribution in [3.05, 3.63) is 41.8 Å². The molecule has 0 saturated carbocycles. The molecule has 0 amide bonds. The van der Waals surface area contributed by atoms with Crippen LogP contribution in [-0.4, -0.2) is 11.1 Å². The topological polar surface area (TPSA) is 61.1 Å². The summed E-state index contributed by atoms with van der Waals surface area (Å²) in [4.78, 5) is 10.7. The number of carboxylic acid groups (broad SMARTS) is 1. The van der Waals surface area contributed by atoms with E-state index in [1.54, 1.807) is 0 Å². The van der Waals surface area contributed by atoms with E-state index in [-0.39, 0.29) is 18.3 Å². The third-order valence-electron chi connectivity index (χ3n) is 2.88. The van der Waals surface area contributed by atoms with Crippen LogP contribution in [0.25, 0.3) is 0 Å². The largest absolute Gasteiger partial charge is 0.481 e. The molecule has 0 aromatic heterocycles. The van der Waals surface area contributed by atoms with Gasteiger partial charge in [-0.25, -0.2) is 0 Å². The Labute approximate surface area is 94.3 Å². The number of nitriles is 1. The molecule has 3 nitrogen and oxygen atoms in total. The van der Waals surface area contributed by atoms with Crippen molar-refractivity contribution in [2.45, 2.75) is 18.8 Å². The maximum atomic E-state index is 10.7. The fraction of sp³-hybridized carbons (Fsp3) is 0.308. The second-order valence-electron chi connectivity index (χ2n) is 3.89. The Hall–Kier alpha value is -1.82. The summed E-state index contributed by atoms with van der Waals surface area (Å²) in [5.41, 5.74) is 2.03. The molecule has 1 aromatic carbocycles. The fourth-order valence-electron chi connectivity index (χ4n) is 2.11. The van der Waals surface area contributed by atoms with Crippen molar-refractivity contribution < 1.29 is 9.90 Å². The highest BCUT2D eigenvalue weighted by Crippen LogP contribution is 2.36. The van der Waals surface area contributed by atoms with E-state index in [2.05, 4.69) is 12.5 Å². The first-order chi connectivity index (χ1) is 7.72. The minimum absolute atomic E-state index is 0.0213. The first-order valence-electron chi connectivity index (χ1n) is 5.15. The zero-order chi connectivity index (χ0) is 11.5. The molecule has 0 fully saturated rings. The SMILES string of the molecule is N#CC1c2ccccc2C[C]C1CC(=O)O. The molecular weight excluding hydrogens is 202 g/mol. The van der Waals surface area contributed by atoms with Gasteiger partial charge in [-0.1, -0.05) is 24.3 Å². The average Bonchev–Trinajstić information content (AvgIpc) is 2.28. The predicted molar refractivity (Wildman–Crippen MR) is 57.5 cm³/mol. The molecule has 1 aliphatic rings. The van der Waals surface area contributed by atoms with Gasteiger partial charge in [0.2, 0.25) is 0 Å². The lowest BCUT2D eigenvalue weighted by molar-refractivity contribution is -0.137. The van der Waals surface area contributed by atoms with Gasteiger partial charge in [0.25, 0.3) is 0 Å². The van der Waals surface area contributed by atoms with Gasteiger partial charge in [-0.3, -0.25) is 4.79 Å². The summed E-state index contributed by atoms with van der Waals surface area (Å²) < 4.78 is 0. The molecule has 0 saturated heterocycles. The van der Waals surface area contributed by atoms with Gasteiger partial charge in [-0.15, -0.1) is 0 Å².